The van der Waals surface area contributed by atoms with Crippen LogP contribution in [0.5, 0.6) is 5.75 Å². The minimum Gasteiger partial charge on any atom is -0.494 e. The molecule has 0 aliphatic carbocycles. The monoisotopic (exact) mass is 361 g/mol. The number of sulfonamides is 1. The van der Waals surface area contributed by atoms with Crippen molar-refractivity contribution in [3.63, 3.8) is 0 Å². The molecule has 1 aromatic carbocycles. The smallest absolute Gasteiger partial charge is 0.243 e. The summed E-state index contributed by atoms with van der Waals surface area (Å²) in [6, 6.07) is 5.51. The first-order valence-electron chi connectivity index (χ1n) is 7.40. The molecule has 2 fully saturated rings. The van der Waals surface area contributed by atoms with E-state index in [1.165, 1.54) is 16.4 Å². The average molecular weight is 361 g/mol. The number of rotatable bonds is 4. The zero-order valence-corrected chi connectivity index (χ0v) is 14.3. The van der Waals surface area contributed by atoms with Gasteiger partial charge in [-0.2, -0.15) is 4.31 Å². The summed E-state index contributed by atoms with van der Waals surface area (Å²) in [5, 5.41) is 0. The molecular formula is C14H19NO6S2. The van der Waals surface area contributed by atoms with Crippen LogP contribution in [0, 0.1) is 0 Å². The fourth-order valence-corrected chi connectivity index (χ4v) is 6.59. The number of fused-ring (bicyclic) bond motifs is 1. The molecule has 23 heavy (non-hydrogen) atoms. The van der Waals surface area contributed by atoms with E-state index in [0.29, 0.717) is 12.4 Å². The highest BCUT2D eigenvalue weighted by Gasteiger charge is 2.48. The second-order valence-electron chi connectivity index (χ2n) is 5.57. The Morgan fingerprint density at radius 2 is 1.96 bits per heavy atom. The van der Waals surface area contributed by atoms with Gasteiger partial charge in [0, 0.05) is 6.54 Å². The highest BCUT2D eigenvalue weighted by Crippen LogP contribution is 2.30. The van der Waals surface area contributed by atoms with Gasteiger partial charge in [0.05, 0.1) is 41.8 Å². The lowest BCUT2D eigenvalue weighted by Crippen LogP contribution is -2.53. The van der Waals surface area contributed by atoms with Crippen molar-refractivity contribution in [1.29, 1.82) is 0 Å². The van der Waals surface area contributed by atoms with Gasteiger partial charge in [-0.25, -0.2) is 16.8 Å². The molecule has 0 bridgehead atoms. The summed E-state index contributed by atoms with van der Waals surface area (Å²) in [5.74, 6) is 0.288. The van der Waals surface area contributed by atoms with Gasteiger partial charge in [0.2, 0.25) is 10.0 Å². The Hall–Kier alpha value is -1.16. The van der Waals surface area contributed by atoms with Crippen LogP contribution in [-0.2, 0) is 24.6 Å². The molecule has 2 aliphatic rings. The molecule has 1 aromatic rings. The molecule has 9 heteroatoms. The molecule has 2 saturated heterocycles. The van der Waals surface area contributed by atoms with E-state index in [1.807, 2.05) is 6.92 Å². The normalized spacial score (nSPS) is 27.5. The van der Waals surface area contributed by atoms with E-state index in [4.69, 9.17) is 9.47 Å². The first-order chi connectivity index (χ1) is 10.8. The van der Waals surface area contributed by atoms with Crippen molar-refractivity contribution >= 4 is 19.9 Å². The molecule has 2 aliphatic heterocycles. The van der Waals surface area contributed by atoms with Crippen LogP contribution >= 0.6 is 0 Å². The molecule has 0 saturated carbocycles. The maximum atomic E-state index is 12.8. The fourth-order valence-electron chi connectivity index (χ4n) is 2.99. The summed E-state index contributed by atoms with van der Waals surface area (Å²) in [7, 11) is -7.03. The predicted molar refractivity (Wildman–Crippen MR) is 83.7 cm³/mol. The summed E-state index contributed by atoms with van der Waals surface area (Å²) in [4.78, 5) is 0.130. The third-order valence-corrected chi connectivity index (χ3v) is 7.65. The van der Waals surface area contributed by atoms with Crippen LogP contribution in [0.2, 0.25) is 0 Å². The van der Waals surface area contributed by atoms with E-state index in [-0.39, 0.29) is 29.6 Å². The lowest BCUT2D eigenvalue weighted by Gasteiger charge is -2.35. The first-order valence-corrected chi connectivity index (χ1v) is 10.7. The molecule has 3 rings (SSSR count). The molecular weight excluding hydrogens is 342 g/mol. The molecule has 2 unspecified atom stereocenters. The Kier molecular flexibility index (Phi) is 4.39. The third kappa shape index (κ3) is 3.23. The second kappa shape index (κ2) is 6.04. The molecule has 0 radical (unpaired) electrons. The van der Waals surface area contributed by atoms with Gasteiger partial charge in [-0.15, -0.1) is 0 Å². The Morgan fingerprint density at radius 1 is 1.26 bits per heavy atom. The van der Waals surface area contributed by atoms with Crippen LogP contribution in [0.15, 0.2) is 29.2 Å². The van der Waals surface area contributed by atoms with Crippen molar-refractivity contribution in [3.8, 4) is 5.75 Å². The van der Waals surface area contributed by atoms with Gasteiger partial charge >= 0.3 is 0 Å². The average Bonchev–Trinajstić information content (AvgIpc) is 2.81. The zero-order chi connectivity index (χ0) is 16.7. The maximum absolute atomic E-state index is 12.8. The van der Waals surface area contributed by atoms with Gasteiger partial charge < -0.3 is 9.47 Å². The Bertz CT molecular complexity index is 772. The van der Waals surface area contributed by atoms with Crippen LogP contribution in [0.25, 0.3) is 0 Å². The topological polar surface area (TPSA) is 90.0 Å². The maximum Gasteiger partial charge on any atom is 0.243 e. The summed E-state index contributed by atoms with van der Waals surface area (Å²) in [6.45, 7) is 2.70. The van der Waals surface area contributed by atoms with E-state index < -0.39 is 32.0 Å². The molecule has 7 nitrogen and oxygen atoms in total. The Morgan fingerprint density at radius 3 is 2.61 bits per heavy atom. The second-order valence-corrected chi connectivity index (χ2v) is 9.62. The van der Waals surface area contributed by atoms with E-state index >= 15 is 0 Å². The standard InChI is InChI=1S/C14H19NO6S2/c1-2-20-11-3-5-12(6-4-11)23(18,19)15-7-8-21-14-10-22(16,17)9-13(14)15/h3-6,13-14H,2,7-10H2,1H3. The van der Waals surface area contributed by atoms with Crippen molar-refractivity contribution in [1.82, 2.24) is 4.31 Å². The molecule has 0 aromatic heterocycles. The van der Waals surface area contributed by atoms with E-state index in [9.17, 15) is 16.8 Å². The van der Waals surface area contributed by atoms with Gasteiger partial charge in [0.25, 0.3) is 0 Å². The van der Waals surface area contributed by atoms with Crippen molar-refractivity contribution in [2.24, 2.45) is 0 Å². The van der Waals surface area contributed by atoms with Gasteiger partial charge in [0.1, 0.15) is 5.75 Å². The van der Waals surface area contributed by atoms with Crippen LogP contribution in [-0.4, -0.2) is 64.6 Å². The number of nitrogens with zero attached hydrogens (tertiary/aromatic N) is 1. The van der Waals surface area contributed by atoms with Gasteiger partial charge in [-0.05, 0) is 31.2 Å². The van der Waals surface area contributed by atoms with Gasteiger partial charge in [-0.3, -0.25) is 0 Å². The molecule has 2 heterocycles. The number of hydrogen-bond donors (Lipinski definition) is 0. The number of ether oxygens (including phenoxy) is 2. The first kappa shape index (κ1) is 16.7. The number of morpholine rings is 1. The molecule has 0 amide bonds. The molecule has 2 atom stereocenters. The van der Waals surface area contributed by atoms with Crippen LogP contribution < -0.4 is 4.74 Å². The van der Waals surface area contributed by atoms with Crippen molar-refractivity contribution in [3.05, 3.63) is 24.3 Å². The predicted octanol–water partition coefficient (Wildman–Crippen LogP) is 0.272. The summed E-state index contributed by atoms with van der Waals surface area (Å²) in [5.41, 5.74) is 0. The van der Waals surface area contributed by atoms with E-state index in [2.05, 4.69) is 0 Å². The quantitative estimate of drug-likeness (QED) is 0.765. The highest BCUT2D eigenvalue weighted by atomic mass is 32.2. The van der Waals surface area contributed by atoms with Gasteiger partial charge in [0.15, 0.2) is 9.84 Å². The Labute approximate surface area is 136 Å². The fraction of sp³-hybridized carbons (Fsp3) is 0.571. The third-order valence-electron chi connectivity index (χ3n) is 4.03. The molecule has 0 spiro atoms. The summed E-state index contributed by atoms with van der Waals surface area (Å²) < 4.78 is 61.3. The van der Waals surface area contributed by atoms with E-state index in [1.54, 1.807) is 12.1 Å². The van der Waals surface area contributed by atoms with Crippen LogP contribution in [0.3, 0.4) is 0 Å². The summed E-state index contributed by atoms with van der Waals surface area (Å²) >= 11 is 0. The lowest BCUT2D eigenvalue weighted by molar-refractivity contribution is -0.0141. The Balaban J connectivity index is 1.89. The van der Waals surface area contributed by atoms with Gasteiger partial charge in [-0.1, -0.05) is 0 Å². The number of hydrogen-bond acceptors (Lipinski definition) is 6. The number of sulfone groups is 1. The minimum atomic E-state index is -3.76. The van der Waals surface area contributed by atoms with Crippen molar-refractivity contribution < 1.29 is 26.3 Å². The number of benzene rings is 1. The lowest BCUT2D eigenvalue weighted by atomic mass is 10.2. The van der Waals surface area contributed by atoms with Crippen molar-refractivity contribution in [2.75, 3.05) is 31.3 Å². The zero-order valence-electron chi connectivity index (χ0n) is 12.7. The largest absolute Gasteiger partial charge is 0.494 e. The summed E-state index contributed by atoms with van der Waals surface area (Å²) in [6.07, 6.45) is -0.578. The van der Waals surface area contributed by atoms with Crippen molar-refractivity contribution in [2.45, 2.75) is 24.0 Å². The van der Waals surface area contributed by atoms with Crippen LogP contribution in [0.4, 0.5) is 0 Å². The SMILES string of the molecule is CCOc1ccc(S(=O)(=O)N2CCOC3CS(=O)(=O)CC32)cc1. The highest BCUT2D eigenvalue weighted by molar-refractivity contribution is 7.92. The molecule has 0 N–H and O–H groups in total. The van der Waals surface area contributed by atoms with E-state index in [0.717, 1.165) is 0 Å². The van der Waals surface area contributed by atoms with Crippen LogP contribution in [0.1, 0.15) is 6.92 Å². The molecule has 128 valence electrons. The minimum absolute atomic E-state index is 0.118.